The molecule has 9 heteroatoms. The van der Waals surface area contributed by atoms with Crippen LogP contribution in [-0.4, -0.2) is 33.0 Å². The van der Waals surface area contributed by atoms with Gasteiger partial charge in [-0.15, -0.1) is 0 Å². The molecular weight excluding hydrogens is 533 g/mol. The summed E-state index contributed by atoms with van der Waals surface area (Å²) < 4.78 is 8.14. The summed E-state index contributed by atoms with van der Waals surface area (Å²) in [5, 5.41) is 7.13. The molecule has 0 unspecified atom stereocenters. The monoisotopic (exact) mass is 559 g/mol. The van der Waals surface area contributed by atoms with Gasteiger partial charge in [-0.1, -0.05) is 6.07 Å². The number of pyridine rings is 2. The number of hydrogen-bond acceptors (Lipinski definition) is 7. The summed E-state index contributed by atoms with van der Waals surface area (Å²) in [6, 6.07) is 5.73. The van der Waals surface area contributed by atoms with E-state index >= 15 is 0 Å². The van der Waals surface area contributed by atoms with E-state index in [2.05, 4.69) is 20.2 Å². The van der Waals surface area contributed by atoms with E-state index in [-0.39, 0.29) is 20.3 Å². The fraction of sp³-hybridized carbons (Fsp3) is 0.375. The summed E-state index contributed by atoms with van der Waals surface area (Å²) in [4.78, 5) is 29.9. The van der Waals surface area contributed by atoms with Crippen molar-refractivity contribution >= 4 is 54.5 Å². The number of nitrogens with one attached hydrogen (secondary N) is 2. The number of fused-ring (bicyclic) bond motifs is 1. The summed E-state index contributed by atoms with van der Waals surface area (Å²) in [7, 11) is 0. The van der Waals surface area contributed by atoms with Gasteiger partial charge >= 0.3 is 0 Å². The summed E-state index contributed by atoms with van der Waals surface area (Å²) in [5.41, 5.74) is 8.89. The summed E-state index contributed by atoms with van der Waals surface area (Å²) in [5.74, 6) is 1.45. The van der Waals surface area contributed by atoms with Crippen molar-refractivity contribution in [1.29, 1.82) is 0 Å². The highest BCUT2D eigenvalue weighted by Gasteiger charge is 2.42. The van der Waals surface area contributed by atoms with Crippen molar-refractivity contribution in [2.75, 3.05) is 36.1 Å². The average Bonchev–Trinajstić information content (AvgIpc) is 2.95. The minimum absolute atomic E-state index is 0.141. The molecule has 2 aromatic heterocycles. The maximum absolute atomic E-state index is 13.3. The Labute approximate surface area is 205 Å². The third kappa shape index (κ3) is 3.62. The number of nitrogens with two attached hydrogens (primary N) is 1. The van der Waals surface area contributed by atoms with Crippen LogP contribution in [0.5, 0.6) is 5.75 Å². The molecule has 5 rings (SSSR count). The molecule has 33 heavy (non-hydrogen) atoms. The number of benzene rings is 1. The van der Waals surface area contributed by atoms with Crippen LogP contribution in [0, 0.1) is 6.92 Å². The van der Waals surface area contributed by atoms with Crippen LogP contribution < -0.4 is 26.5 Å². The second-order valence-electron chi connectivity index (χ2n) is 8.73. The van der Waals surface area contributed by atoms with Gasteiger partial charge in [0, 0.05) is 60.0 Å². The van der Waals surface area contributed by atoms with Crippen LogP contribution >= 0.6 is 22.6 Å². The fourth-order valence-corrected chi connectivity index (χ4v) is 5.34. The number of ether oxygens (including phenoxy) is 1. The van der Waals surface area contributed by atoms with Crippen molar-refractivity contribution in [3.63, 3.8) is 0 Å². The van der Waals surface area contributed by atoms with Crippen molar-refractivity contribution in [3.8, 4) is 5.75 Å². The summed E-state index contributed by atoms with van der Waals surface area (Å²) in [6.45, 7) is 3.68. The second kappa shape index (κ2) is 8.51. The summed E-state index contributed by atoms with van der Waals surface area (Å²) in [6.07, 6.45) is 7.41. The van der Waals surface area contributed by atoms with E-state index in [1.807, 2.05) is 25.1 Å². The predicted octanol–water partition coefficient (Wildman–Crippen LogP) is 4.05. The Kier molecular flexibility index (Phi) is 5.67. The van der Waals surface area contributed by atoms with E-state index in [1.165, 1.54) is 0 Å². The van der Waals surface area contributed by atoms with Gasteiger partial charge < -0.3 is 25.7 Å². The molecule has 1 aliphatic heterocycles. The molecular formula is C24H26IN5O3. The van der Waals surface area contributed by atoms with E-state index in [0.717, 1.165) is 42.8 Å². The lowest BCUT2D eigenvalue weighted by atomic mass is 9.74. The van der Waals surface area contributed by atoms with Crippen LogP contribution in [0.4, 0.5) is 17.2 Å². The fourth-order valence-electron chi connectivity index (χ4n) is 4.95. The molecule has 3 heterocycles. The lowest BCUT2D eigenvalue weighted by Crippen LogP contribution is -2.42. The molecule has 1 aromatic carbocycles. The lowest BCUT2D eigenvalue weighted by molar-refractivity contribution is 0.109. The van der Waals surface area contributed by atoms with Crippen molar-refractivity contribution in [2.45, 2.75) is 38.1 Å². The van der Waals surface area contributed by atoms with Crippen LogP contribution in [0.1, 0.15) is 41.6 Å². The largest absolute Gasteiger partial charge is 0.489 e. The van der Waals surface area contributed by atoms with E-state index in [4.69, 9.17) is 10.5 Å². The smallest absolute Gasteiger partial charge is 0.227 e. The molecule has 172 valence electrons. The highest BCUT2D eigenvalue weighted by Crippen LogP contribution is 2.50. The number of rotatable bonds is 6. The van der Waals surface area contributed by atoms with Gasteiger partial charge in [-0.25, -0.2) is 4.98 Å². The van der Waals surface area contributed by atoms with Gasteiger partial charge in [0.05, 0.1) is 34.4 Å². The van der Waals surface area contributed by atoms with Crippen LogP contribution in [0.3, 0.4) is 0 Å². The van der Waals surface area contributed by atoms with Crippen LogP contribution in [-0.2, 0) is 5.54 Å². The molecule has 4 N–H and O–H groups in total. The van der Waals surface area contributed by atoms with E-state index in [1.54, 1.807) is 35.0 Å². The minimum atomic E-state index is -0.328. The summed E-state index contributed by atoms with van der Waals surface area (Å²) >= 11 is 1.68. The normalized spacial score (nSPS) is 16.1. The molecule has 3 aromatic rings. The number of nitrogens with zero attached hydrogens (tertiary/aromatic N) is 2. The molecule has 0 radical (unpaired) electrons. The minimum Gasteiger partial charge on any atom is -0.489 e. The first-order chi connectivity index (χ1) is 15.9. The van der Waals surface area contributed by atoms with Crippen molar-refractivity contribution in [1.82, 2.24) is 9.55 Å². The number of halogens is 1. The van der Waals surface area contributed by atoms with E-state index < -0.39 is 0 Å². The first kappa shape index (κ1) is 22.0. The Morgan fingerprint density at radius 2 is 2.06 bits per heavy atom. The Hall–Kier alpha value is -2.82. The van der Waals surface area contributed by atoms with Gasteiger partial charge in [-0.05, 0) is 43.9 Å². The maximum Gasteiger partial charge on any atom is 0.227 e. The molecule has 1 saturated carbocycles. The van der Waals surface area contributed by atoms with E-state index in [0.29, 0.717) is 42.0 Å². The lowest BCUT2D eigenvalue weighted by Gasteiger charge is -2.44. The quantitative estimate of drug-likeness (QED) is 0.181. The SMILES string of the molecule is Cc1c(NCCNc2ccccn2)c2c3c(c1N)c(=O)c(C(=O)I)cn3C1(CCC1)CCO2. The first-order valence-corrected chi connectivity index (χ1v) is 12.2. The Morgan fingerprint density at radius 1 is 1.27 bits per heavy atom. The Balaban J connectivity index is 1.61. The van der Waals surface area contributed by atoms with Crippen molar-refractivity contribution in [3.05, 3.63) is 51.9 Å². The van der Waals surface area contributed by atoms with Crippen LogP contribution in [0.15, 0.2) is 35.4 Å². The van der Waals surface area contributed by atoms with Crippen LogP contribution in [0.2, 0.25) is 0 Å². The van der Waals surface area contributed by atoms with Gasteiger partial charge in [0.25, 0.3) is 0 Å². The van der Waals surface area contributed by atoms with Gasteiger partial charge in [-0.2, -0.15) is 0 Å². The third-order valence-corrected chi connectivity index (χ3v) is 7.50. The Bertz CT molecular complexity index is 1300. The predicted molar refractivity (Wildman–Crippen MR) is 139 cm³/mol. The number of nitrogen functional groups attached to an aromatic ring is 1. The molecule has 8 nitrogen and oxygen atoms in total. The van der Waals surface area contributed by atoms with Gasteiger partial charge in [0.2, 0.25) is 9.22 Å². The standard InChI is InChI=1S/C24H26IN5O3/c1-14-18(26)17-20-22(19(14)29-11-10-28-16-5-2-3-9-27-16)33-12-8-24(6-4-7-24)30(20)13-15(21(17)31)23(25)32/h2-3,5,9,13,29H,4,6-8,10-12,26H2,1H3,(H,27,28). The van der Waals surface area contributed by atoms with Gasteiger partial charge in [-0.3, -0.25) is 9.59 Å². The molecule has 0 bridgehead atoms. The Morgan fingerprint density at radius 3 is 2.73 bits per heavy atom. The topological polar surface area (TPSA) is 111 Å². The first-order valence-electron chi connectivity index (χ1n) is 11.2. The molecule has 1 aliphatic carbocycles. The van der Waals surface area contributed by atoms with Crippen molar-refractivity contribution in [2.24, 2.45) is 0 Å². The second-order valence-corrected chi connectivity index (χ2v) is 9.71. The zero-order valence-electron chi connectivity index (χ0n) is 18.4. The number of hydrogen-bond donors (Lipinski definition) is 3. The number of carbonyl (C=O) groups is 1. The molecule has 1 spiro atoms. The average molecular weight is 559 g/mol. The molecule has 2 aliphatic rings. The van der Waals surface area contributed by atoms with E-state index in [9.17, 15) is 9.59 Å². The number of aromatic nitrogens is 2. The van der Waals surface area contributed by atoms with Crippen LogP contribution in [0.25, 0.3) is 10.9 Å². The zero-order valence-corrected chi connectivity index (χ0v) is 20.6. The maximum atomic E-state index is 13.3. The molecule has 0 atom stereocenters. The van der Waals surface area contributed by atoms with Gasteiger partial charge in [0.1, 0.15) is 5.82 Å². The van der Waals surface area contributed by atoms with Crippen molar-refractivity contribution < 1.29 is 9.53 Å². The highest BCUT2D eigenvalue weighted by atomic mass is 127. The molecule has 0 amide bonds. The highest BCUT2D eigenvalue weighted by molar-refractivity contribution is 14.1. The number of carbonyl (C=O) groups excluding carboxylic acids is 1. The molecule has 0 saturated heterocycles. The number of anilines is 3. The zero-order chi connectivity index (χ0) is 23.2. The molecule has 1 fully saturated rings. The third-order valence-electron chi connectivity index (χ3n) is 6.92. The van der Waals surface area contributed by atoms with Gasteiger partial charge in [0.15, 0.2) is 5.75 Å².